The molecule has 27 heavy (non-hydrogen) atoms. The van der Waals surface area contributed by atoms with Gasteiger partial charge in [-0.2, -0.15) is 0 Å². The first-order valence-corrected chi connectivity index (χ1v) is 10.1. The van der Waals surface area contributed by atoms with Crippen LogP contribution in [0.25, 0.3) is 11.1 Å². The number of nitrogens with one attached hydrogen (secondary N) is 1. The largest absolute Gasteiger partial charge is 0.494 e. The Bertz CT molecular complexity index is 824. The van der Waals surface area contributed by atoms with E-state index in [4.69, 9.17) is 9.47 Å². The van der Waals surface area contributed by atoms with Gasteiger partial charge in [0, 0.05) is 16.7 Å². The molecule has 0 bridgehead atoms. The number of hydrogen-bond donors (Lipinski definition) is 1. The van der Waals surface area contributed by atoms with Crippen LogP contribution in [0.1, 0.15) is 48.5 Å². The lowest BCUT2D eigenvalue weighted by molar-refractivity contribution is 0.104. The predicted molar refractivity (Wildman–Crippen MR) is 107 cm³/mol. The minimum atomic E-state index is 0.0597. The molecule has 0 spiro atoms. The average Bonchev–Trinajstić information content (AvgIpc) is 3.31. The fraction of sp³-hybridized carbons (Fsp3) is 0.435. The first-order chi connectivity index (χ1) is 13.3. The van der Waals surface area contributed by atoms with Crippen molar-refractivity contribution in [2.24, 2.45) is 5.92 Å². The van der Waals surface area contributed by atoms with Crippen LogP contribution in [0.3, 0.4) is 0 Å². The Balaban J connectivity index is 1.49. The quantitative estimate of drug-likeness (QED) is 0.599. The molecule has 1 aliphatic heterocycles. The van der Waals surface area contributed by atoms with Gasteiger partial charge in [-0.25, -0.2) is 0 Å². The molecule has 142 valence electrons. The molecule has 1 saturated heterocycles. The molecule has 2 aromatic carbocycles. The third-order valence-corrected chi connectivity index (χ3v) is 5.43. The molecule has 2 aliphatic rings. The number of ether oxygens (including phenoxy) is 2. The van der Waals surface area contributed by atoms with Gasteiger partial charge in [-0.1, -0.05) is 19.1 Å². The Labute approximate surface area is 160 Å². The summed E-state index contributed by atoms with van der Waals surface area (Å²) >= 11 is 0. The molecule has 1 atom stereocenters. The zero-order valence-electron chi connectivity index (χ0n) is 15.9. The van der Waals surface area contributed by atoms with E-state index in [9.17, 15) is 4.79 Å². The zero-order valence-corrected chi connectivity index (χ0v) is 15.9. The van der Waals surface area contributed by atoms with E-state index in [1.54, 1.807) is 0 Å². The molecule has 4 heteroatoms. The van der Waals surface area contributed by atoms with Crippen LogP contribution in [0.15, 0.2) is 36.4 Å². The molecule has 0 saturated carbocycles. The maximum Gasteiger partial charge on any atom is 0.194 e. The van der Waals surface area contributed by atoms with Crippen molar-refractivity contribution in [3.8, 4) is 22.6 Å². The number of ketones is 1. The van der Waals surface area contributed by atoms with E-state index in [1.165, 1.54) is 12.8 Å². The lowest BCUT2D eigenvalue weighted by atomic mass is 10.0. The van der Waals surface area contributed by atoms with Gasteiger partial charge in [0.25, 0.3) is 0 Å². The molecule has 1 fully saturated rings. The zero-order chi connectivity index (χ0) is 18.6. The first-order valence-electron chi connectivity index (χ1n) is 10.1. The maximum atomic E-state index is 12.9. The fourth-order valence-electron chi connectivity index (χ4n) is 4.02. The van der Waals surface area contributed by atoms with Gasteiger partial charge in [-0.3, -0.25) is 4.79 Å². The minimum absolute atomic E-state index is 0.0597. The van der Waals surface area contributed by atoms with Crippen LogP contribution < -0.4 is 14.8 Å². The number of carbonyl (C=O) groups excluding carboxylic acids is 1. The van der Waals surface area contributed by atoms with Crippen molar-refractivity contribution in [3.63, 3.8) is 0 Å². The summed E-state index contributed by atoms with van der Waals surface area (Å²) in [6.07, 6.45) is 4.45. The van der Waals surface area contributed by atoms with Crippen molar-refractivity contribution in [2.75, 3.05) is 26.3 Å². The van der Waals surface area contributed by atoms with Crippen molar-refractivity contribution in [1.29, 1.82) is 0 Å². The van der Waals surface area contributed by atoms with Crippen molar-refractivity contribution in [2.45, 2.75) is 32.6 Å². The van der Waals surface area contributed by atoms with Gasteiger partial charge in [-0.05, 0) is 74.5 Å². The van der Waals surface area contributed by atoms with Crippen LogP contribution in [0.5, 0.6) is 11.5 Å². The molecule has 2 aromatic rings. The molecule has 4 rings (SSSR count). The predicted octanol–water partition coefficient (Wildman–Crippen LogP) is 4.46. The second-order valence-electron chi connectivity index (χ2n) is 7.41. The second kappa shape index (κ2) is 8.13. The van der Waals surface area contributed by atoms with Gasteiger partial charge in [0.2, 0.25) is 0 Å². The van der Waals surface area contributed by atoms with Crippen LogP contribution in [0.2, 0.25) is 0 Å². The number of fused-ring (bicyclic) bond motifs is 3. The van der Waals surface area contributed by atoms with Gasteiger partial charge >= 0.3 is 0 Å². The molecule has 1 heterocycles. The molecule has 1 unspecified atom stereocenters. The fourth-order valence-corrected chi connectivity index (χ4v) is 4.02. The Morgan fingerprint density at radius 2 is 2.00 bits per heavy atom. The normalized spacial score (nSPS) is 17.7. The second-order valence-corrected chi connectivity index (χ2v) is 7.41. The van der Waals surface area contributed by atoms with Crippen molar-refractivity contribution in [1.82, 2.24) is 5.32 Å². The Hall–Kier alpha value is -2.33. The van der Waals surface area contributed by atoms with Crippen LogP contribution in [-0.2, 0) is 0 Å². The highest BCUT2D eigenvalue weighted by Gasteiger charge is 2.30. The summed E-state index contributed by atoms with van der Waals surface area (Å²) in [5.74, 6) is 2.40. The van der Waals surface area contributed by atoms with E-state index in [0.29, 0.717) is 18.8 Å². The third kappa shape index (κ3) is 3.72. The maximum absolute atomic E-state index is 12.9. The van der Waals surface area contributed by atoms with Gasteiger partial charge in [-0.15, -0.1) is 0 Å². The summed E-state index contributed by atoms with van der Waals surface area (Å²) in [5, 5.41) is 3.41. The Morgan fingerprint density at radius 3 is 2.81 bits per heavy atom. The number of benzene rings is 2. The molecule has 0 aromatic heterocycles. The molecular weight excluding hydrogens is 338 g/mol. The Kier molecular flexibility index (Phi) is 5.44. The number of carbonyl (C=O) groups is 1. The summed E-state index contributed by atoms with van der Waals surface area (Å²) in [6, 6.07) is 11.6. The molecule has 4 nitrogen and oxygen atoms in total. The lowest BCUT2D eigenvalue weighted by Gasteiger charge is -2.13. The highest BCUT2D eigenvalue weighted by molar-refractivity contribution is 6.22. The van der Waals surface area contributed by atoms with E-state index in [2.05, 4.69) is 12.2 Å². The average molecular weight is 365 g/mol. The molecule has 1 N–H and O–H groups in total. The number of hydrogen-bond acceptors (Lipinski definition) is 4. The van der Waals surface area contributed by atoms with Gasteiger partial charge in [0.05, 0.1) is 13.2 Å². The Morgan fingerprint density at radius 1 is 1.07 bits per heavy atom. The third-order valence-electron chi connectivity index (χ3n) is 5.43. The summed E-state index contributed by atoms with van der Waals surface area (Å²) in [6.45, 7) is 5.69. The summed E-state index contributed by atoms with van der Waals surface area (Å²) in [4.78, 5) is 12.9. The summed E-state index contributed by atoms with van der Waals surface area (Å²) in [7, 11) is 0. The molecule has 0 amide bonds. The highest BCUT2D eigenvalue weighted by atomic mass is 16.5. The summed E-state index contributed by atoms with van der Waals surface area (Å²) < 4.78 is 11.8. The van der Waals surface area contributed by atoms with Crippen LogP contribution in [0, 0.1) is 5.92 Å². The number of rotatable bonds is 8. The van der Waals surface area contributed by atoms with E-state index in [-0.39, 0.29) is 5.78 Å². The first kappa shape index (κ1) is 18.1. The van der Waals surface area contributed by atoms with E-state index in [1.807, 2.05) is 36.4 Å². The monoisotopic (exact) mass is 365 g/mol. The smallest absolute Gasteiger partial charge is 0.194 e. The SMILES string of the molecule is CCCOc1ccc2c(c1)C(=O)c1cccc(OCCCC3CCNC3)c1-2. The highest BCUT2D eigenvalue weighted by Crippen LogP contribution is 2.43. The molecular formula is C23H27NO3. The van der Waals surface area contributed by atoms with E-state index >= 15 is 0 Å². The van der Waals surface area contributed by atoms with Crippen molar-refractivity contribution < 1.29 is 14.3 Å². The standard InChI is InChI=1S/C23H27NO3/c1-2-12-26-17-8-9-18-20(14-17)23(25)19-6-3-7-21(22(18)19)27-13-4-5-16-10-11-24-15-16/h3,6-9,14,16,24H,2,4-5,10-13,15H2,1H3. The van der Waals surface area contributed by atoms with Crippen molar-refractivity contribution in [3.05, 3.63) is 47.5 Å². The van der Waals surface area contributed by atoms with Crippen LogP contribution in [0.4, 0.5) is 0 Å². The molecule has 1 aliphatic carbocycles. The van der Waals surface area contributed by atoms with Gasteiger partial charge < -0.3 is 14.8 Å². The van der Waals surface area contributed by atoms with Crippen LogP contribution in [-0.4, -0.2) is 32.1 Å². The van der Waals surface area contributed by atoms with Gasteiger partial charge in [0.15, 0.2) is 5.78 Å². The molecule has 0 radical (unpaired) electrons. The topological polar surface area (TPSA) is 47.6 Å². The lowest BCUT2D eigenvalue weighted by Crippen LogP contribution is -2.10. The minimum Gasteiger partial charge on any atom is -0.494 e. The summed E-state index contributed by atoms with van der Waals surface area (Å²) in [5.41, 5.74) is 3.33. The van der Waals surface area contributed by atoms with Crippen molar-refractivity contribution >= 4 is 5.78 Å². The van der Waals surface area contributed by atoms with E-state index < -0.39 is 0 Å². The van der Waals surface area contributed by atoms with E-state index in [0.717, 1.165) is 60.0 Å². The van der Waals surface area contributed by atoms with Gasteiger partial charge in [0.1, 0.15) is 11.5 Å². The van der Waals surface area contributed by atoms with Crippen LogP contribution >= 0.6 is 0 Å².